The third kappa shape index (κ3) is 3.72. The molecule has 9 heteroatoms. The molecule has 1 heterocycles. The van der Waals surface area contributed by atoms with E-state index in [-0.39, 0.29) is 17.5 Å². The number of ether oxygens (including phenoxy) is 1. The first-order chi connectivity index (χ1) is 10.0. The lowest BCUT2D eigenvalue weighted by molar-refractivity contribution is -0.394. The fraction of sp³-hybridized carbons (Fsp3) is 0.500. The van der Waals surface area contributed by atoms with E-state index < -0.39 is 9.85 Å². The van der Waals surface area contributed by atoms with Gasteiger partial charge in [-0.2, -0.15) is 0 Å². The minimum atomic E-state index is -0.643. The molecule has 1 atom stereocenters. The van der Waals surface area contributed by atoms with Crippen LogP contribution in [0.25, 0.3) is 0 Å². The second-order valence-electron chi connectivity index (χ2n) is 4.79. The van der Waals surface area contributed by atoms with E-state index >= 15 is 0 Å². The first-order valence-corrected chi connectivity index (χ1v) is 6.47. The number of nitro groups is 2. The van der Waals surface area contributed by atoms with E-state index in [4.69, 9.17) is 10.5 Å². The Morgan fingerprint density at radius 1 is 1.33 bits per heavy atom. The van der Waals surface area contributed by atoms with Crippen LogP contribution >= 0.6 is 0 Å². The lowest BCUT2D eigenvalue weighted by Gasteiger charge is -2.32. The first-order valence-electron chi connectivity index (χ1n) is 6.47. The summed E-state index contributed by atoms with van der Waals surface area (Å²) in [7, 11) is 0. The molecule has 1 aliphatic rings. The van der Waals surface area contributed by atoms with E-state index in [9.17, 15) is 20.2 Å². The van der Waals surface area contributed by atoms with Crippen LogP contribution in [0.3, 0.4) is 0 Å². The quantitative estimate of drug-likeness (QED) is 0.625. The van der Waals surface area contributed by atoms with Crippen LogP contribution in [0.2, 0.25) is 0 Å². The average Bonchev–Trinajstić information content (AvgIpc) is 2.47. The smallest absolute Gasteiger partial charge is 0.280 e. The van der Waals surface area contributed by atoms with Crippen LogP contribution in [0.5, 0.6) is 0 Å². The van der Waals surface area contributed by atoms with Crippen LogP contribution in [0.4, 0.5) is 11.4 Å². The van der Waals surface area contributed by atoms with E-state index in [0.29, 0.717) is 38.3 Å². The van der Waals surface area contributed by atoms with Gasteiger partial charge in [0.15, 0.2) is 0 Å². The second kappa shape index (κ2) is 6.57. The van der Waals surface area contributed by atoms with Gasteiger partial charge < -0.3 is 10.5 Å². The van der Waals surface area contributed by atoms with Crippen molar-refractivity contribution in [1.29, 1.82) is 0 Å². The lowest BCUT2D eigenvalue weighted by Crippen LogP contribution is -2.45. The van der Waals surface area contributed by atoms with Gasteiger partial charge in [-0.25, -0.2) is 0 Å². The molecule has 0 spiro atoms. The number of non-ortho nitro benzene ring substituents is 1. The van der Waals surface area contributed by atoms with Gasteiger partial charge in [0.2, 0.25) is 0 Å². The van der Waals surface area contributed by atoms with Crippen LogP contribution in [0.15, 0.2) is 18.2 Å². The van der Waals surface area contributed by atoms with Crippen LogP contribution in [-0.2, 0) is 11.3 Å². The molecule has 0 saturated carbocycles. The molecule has 21 heavy (non-hydrogen) atoms. The minimum absolute atomic E-state index is 0.0872. The van der Waals surface area contributed by atoms with E-state index in [0.717, 1.165) is 6.07 Å². The van der Waals surface area contributed by atoms with Crippen molar-refractivity contribution in [2.45, 2.75) is 12.6 Å². The summed E-state index contributed by atoms with van der Waals surface area (Å²) in [6, 6.07) is 3.71. The van der Waals surface area contributed by atoms with Crippen LogP contribution in [0.1, 0.15) is 5.56 Å². The van der Waals surface area contributed by atoms with E-state index in [2.05, 4.69) is 0 Å². The highest BCUT2D eigenvalue weighted by molar-refractivity contribution is 5.49. The van der Waals surface area contributed by atoms with Gasteiger partial charge in [0.25, 0.3) is 11.4 Å². The largest absolute Gasteiger partial charge is 0.374 e. The second-order valence-corrected chi connectivity index (χ2v) is 4.79. The van der Waals surface area contributed by atoms with Crippen LogP contribution in [0, 0.1) is 20.2 Å². The molecule has 0 aliphatic carbocycles. The summed E-state index contributed by atoms with van der Waals surface area (Å²) in [6.45, 7) is 2.48. The molecule has 1 aromatic rings. The van der Waals surface area contributed by atoms with Gasteiger partial charge in [-0.3, -0.25) is 25.1 Å². The predicted molar refractivity (Wildman–Crippen MR) is 73.8 cm³/mol. The molecule has 0 aromatic heterocycles. The predicted octanol–water partition coefficient (Wildman–Crippen LogP) is 0.663. The number of benzene rings is 1. The van der Waals surface area contributed by atoms with E-state index in [1.165, 1.54) is 12.1 Å². The van der Waals surface area contributed by atoms with Crippen molar-refractivity contribution in [2.24, 2.45) is 5.73 Å². The van der Waals surface area contributed by atoms with Gasteiger partial charge in [0.05, 0.1) is 28.6 Å². The van der Waals surface area contributed by atoms with Crippen molar-refractivity contribution >= 4 is 11.4 Å². The highest BCUT2D eigenvalue weighted by Gasteiger charge is 2.24. The molecule has 1 unspecified atom stereocenters. The van der Waals surface area contributed by atoms with Crippen LogP contribution < -0.4 is 5.73 Å². The molecule has 2 rings (SSSR count). The summed E-state index contributed by atoms with van der Waals surface area (Å²) in [6.07, 6.45) is -0.0872. The Bertz CT molecular complexity index is 550. The number of nitrogens with zero attached hydrogens (tertiary/aromatic N) is 3. The van der Waals surface area contributed by atoms with Gasteiger partial charge in [-0.15, -0.1) is 0 Å². The standard InChI is InChI=1S/C12H16N4O5/c13-6-11-8-14(3-4-21-11)7-9-1-2-10(15(17)18)5-12(9)16(19)20/h1-2,5,11H,3-4,6-8,13H2. The van der Waals surface area contributed by atoms with Crippen molar-refractivity contribution in [1.82, 2.24) is 4.90 Å². The summed E-state index contributed by atoms with van der Waals surface area (Å²) < 4.78 is 5.43. The van der Waals surface area contributed by atoms with Gasteiger partial charge in [0, 0.05) is 37.8 Å². The normalized spacial score (nSPS) is 19.4. The monoisotopic (exact) mass is 296 g/mol. The maximum absolute atomic E-state index is 11.1. The topological polar surface area (TPSA) is 125 Å². The molecular weight excluding hydrogens is 280 g/mol. The molecule has 114 valence electrons. The number of nitro benzene ring substituents is 2. The number of nitrogens with two attached hydrogens (primary N) is 1. The average molecular weight is 296 g/mol. The molecule has 0 radical (unpaired) electrons. The zero-order valence-electron chi connectivity index (χ0n) is 11.3. The van der Waals surface area contributed by atoms with Crippen molar-refractivity contribution < 1.29 is 14.6 Å². The molecule has 9 nitrogen and oxygen atoms in total. The van der Waals surface area contributed by atoms with Gasteiger partial charge in [0.1, 0.15) is 0 Å². The maximum atomic E-state index is 11.1. The summed E-state index contributed by atoms with van der Waals surface area (Å²) >= 11 is 0. The Hall–Kier alpha value is -2.10. The van der Waals surface area contributed by atoms with Crippen molar-refractivity contribution in [3.05, 3.63) is 44.0 Å². The first kappa shape index (κ1) is 15.3. The Morgan fingerprint density at radius 2 is 2.10 bits per heavy atom. The van der Waals surface area contributed by atoms with Gasteiger partial charge in [-0.05, 0) is 6.07 Å². The Balaban J connectivity index is 2.19. The number of morpholine rings is 1. The fourth-order valence-corrected chi connectivity index (χ4v) is 2.28. The third-order valence-corrected chi connectivity index (χ3v) is 3.36. The Morgan fingerprint density at radius 3 is 2.71 bits per heavy atom. The zero-order chi connectivity index (χ0) is 15.4. The molecular formula is C12H16N4O5. The summed E-state index contributed by atoms with van der Waals surface area (Å²) in [4.78, 5) is 22.5. The Labute approximate surface area is 120 Å². The minimum Gasteiger partial charge on any atom is -0.374 e. The molecule has 1 aliphatic heterocycles. The summed E-state index contributed by atoms with van der Waals surface area (Å²) in [5.41, 5.74) is 5.48. The van der Waals surface area contributed by atoms with E-state index in [1.807, 2.05) is 4.90 Å². The van der Waals surface area contributed by atoms with Gasteiger partial charge >= 0.3 is 0 Å². The SMILES string of the molecule is NCC1CN(Cc2ccc([N+](=O)[O-])cc2[N+](=O)[O-])CCO1. The number of hydrogen-bond donors (Lipinski definition) is 1. The molecule has 1 aromatic carbocycles. The molecule has 1 fully saturated rings. The summed E-state index contributed by atoms with van der Waals surface area (Å²) in [5.74, 6) is 0. The molecule has 0 bridgehead atoms. The highest BCUT2D eigenvalue weighted by Crippen LogP contribution is 2.26. The fourth-order valence-electron chi connectivity index (χ4n) is 2.28. The number of hydrogen-bond acceptors (Lipinski definition) is 7. The van der Waals surface area contributed by atoms with Crippen molar-refractivity contribution in [2.75, 3.05) is 26.2 Å². The maximum Gasteiger partial charge on any atom is 0.280 e. The van der Waals surface area contributed by atoms with Crippen LogP contribution in [-0.4, -0.2) is 47.1 Å². The lowest BCUT2D eigenvalue weighted by atomic mass is 10.1. The molecule has 0 amide bonds. The third-order valence-electron chi connectivity index (χ3n) is 3.36. The zero-order valence-corrected chi connectivity index (χ0v) is 11.3. The van der Waals surface area contributed by atoms with Crippen molar-refractivity contribution in [3.63, 3.8) is 0 Å². The molecule has 1 saturated heterocycles. The Kier molecular flexibility index (Phi) is 4.78. The van der Waals surface area contributed by atoms with E-state index in [1.54, 1.807) is 0 Å². The van der Waals surface area contributed by atoms with Crippen molar-refractivity contribution in [3.8, 4) is 0 Å². The summed E-state index contributed by atoms with van der Waals surface area (Å²) in [5, 5.41) is 21.8. The van der Waals surface area contributed by atoms with Gasteiger partial charge in [-0.1, -0.05) is 0 Å². The molecule has 2 N–H and O–H groups in total. The number of rotatable bonds is 5. The highest BCUT2D eigenvalue weighted by atomic mass is 16.6.